The lowest BCUT2D eigenvalue weighted by Crippen LogP contribution is -2.46. The second kappa shape index (κ2) is 16.8. The molecule has 1 fully saturated rings. The van der Waals surface area contributed by atoms with Gasteiger partial charge in [0.15, 0.2) is 5.82 Å². The van der Waals surface area contributed by atoms with Gasteiger partial charge < -0.3 is 44.2 Å². The van der Waals surface area contributed by atoms with Crippen LogP contribution < -0.4 is 14.8 Å². The number of imidazole rings is 2. The maximum Gasteiger partial charge on any atom is 0.371 e. The van der Waals surface area contributed by atoms with Gasteiger partial charge in [0.05, 0.1) is 24.2 Å². The van der Waals surface area contributed by atoms with Crippen molar-refractivity contribution >= 4 is 33.9 Å². The molecule has 1 saturated heterocycles. The SMILES string of the molecule is CCOCCOc1cccc2[nH]c(C(=O)NC3CCN(C(C)C)CC3)nc12.CCOCCOc1cccc2[nH]c(C(=O)O)nc12. The molecule has 244 valence electrons. The van der Waals surface area contributed by atoms with Crippen LogP contribution in [0.5, 0.6) is 11.5 Å². The molecule has 0 radical (unpaired) electrons. The molecule has 0 bridgehead atoms. The van der Waals surface area contributed by atoms with E-state index in [4.69, 9.17) is 24.1 Å². The van der Waals surface area contributed by atoms with Crippen molar-refractivity contribution in [3.8, 4) is 11.5 Å². The van der Waals surface area contributed by atoms with E-state index in [0.29, 0.717) is 79.6 Å². The summed E-state index contributed by atoms with van der Waals surface area (Å²) in [5.41, 5.74) is 2.63. The summed E-state index contributed by atoms with van der Waals surface area (Å²) >= 11 is 0. The number of H-pyrrole nitrogens is 2. The normalized spacial score (nSPS) is 14.0. The second-order valence-corrected chi connectivity index (χ2v) is 10.7. The highest BCUT2D eigenvalue weighted by Gasteiger charge is 2.24. The van der Waals surface area contributed by atoms with E-state index in [9.17, 15) is 9.59 Å². The van der Waals surface area contributed by atoms with Crippen LogP contribution in [0.3, 0.4) is 0 Å². The molecule has 0 spiro atoms. The number of fused-ring (bicyclic) bond motifs is 2. The van der Waals surface area contributed by atoms with Gasteiger partial charge in [0, 0.05) is 38.4 Å². The highest BCUT2D eigenvalue weighted by Crippen LogP contribution is 2.25. The van der Waals surface area contributed by atoms with E-state index in [1.54, 1.807) is 18.2 Å². The Labute approximate surface area is 262 Å². The third-order valence-corrected chi connectivity index (χ3v) is 7.34. The van der Waals surface area contributed by atoms with Gasteiger partial charge in [-0.05, 0) is 64.8 Å². The fourth-order valence-electron chi connectivity index (χ4n) is 4.98. The number of aromatic amines is 2. The van der Waals surface area contributed by atoms with Gasteiger partial charge in [0.2, 0.25) is 5.82 Å². The number of carbonyl (C=O) groups is 2. The van der Waals surface area contributed by atoms with E-state index in [-0.39, 0.29) is 17.8 Å². The van der Waals surface area contributed by atoms with Gasteiger partial charge >= 0.3 is 5.97 Å². The summed E-state index contributed by atoms with van der Waals surface area (Å²) in [5.74, 6) is 0.202. The first-order valence-electron chi connectivity index (χ1n) is 15.5. The number of hydrogen-bond acceptors (Lipinski definition) is 9. The van der Waals surface area contributed by atoms with Crippen molar-refractivity contribution in [2.24, 2.45) is 0 Å². The van der Waals surface area contributed by atoms with Gasteiger partial charge in [-0.1, -0.05) is 12.1 Å². The van der Waals surface area contributed by atoms with Crippen molar-refractivity contribution in [1.82, 2.24) is 30.2 Å². The van der Waals surface area contributed by atoms with Crippen molar-refractivity contribution < 1.29 is 33.6 Å². The fourth-order valence-corrected chi connectivity index (χ4v) is 4.98. The summed E-state index contributed by atoms with van der Waals surface area (Å²) in [6.45, 7) is 13.5. The maximum atomic E-state index is 12.6. The zero-order chi connectivity index (χ0) is 32.2. The van der Waals surface area contributed by atoms with Crippen molar-refractivity contribution in [2.75, 3.05) is 52.7 Å². The molecule has 4 aromatic rings. The molecule has 2 aromatic heterocycles. The highest BCUT2D eigenvalue weighted by atomic mass is 16.5. The van der Waals surface area contributed by atoms with Gasteiger partial charge in [-0.2, -0.15) is 0 Å². The average molecular weight is 625 g/mol. The van der Waals surface area contributed by atoms with Crippen LogP contribution in [0.15, 0.2) is 36.4 Å². The molecule has 1 amide bonds. The van der Waals surface area contributed by atoms with E-state index in [1.165, 1.54) is 0 Å². The van der Waals surface area contributed by atoms with Crippen LogP contribution >= 0.6 is 0 Å². The molecule has 0 unspecified atom stereocenters. The number of carboxylic acid groups (broad SMARTS) is 1. The third-order valence-electron chi connectivity index (χ3n) is 7.34. The number of nitrogens with one attached hydrogen (secondary N) is 3. The number of likely N-dealkylation sites (tertiary alicyclic amines) is 1. The predicted octanol–water partition coefficient (Wildman–Crippen LogP) is 4.26. The minimum Gasteiger partial charge on any atom is -0.489 e. The molecule has 5 rings (SSSR count). The lowest BCUT2D eigenvalue weighted by molar-refractivity contribution is 0.0684. The number of para-hydroxylation sites is 2. The zero-order valence-corrected chi connectivity index (χ0v) is 26.4. The second-order valence-electron chi connectivity index (χ2n) is 10.7. The summed E-state index contributed by atoms with van der Waals surface area (Å²) in [6.07, 6.45) is 1.94. The van der Waals surface area contributed by atoms with Crippen LogP contribution in [0, 0.1) is 0 Å². The Hall–Kier alpha value is -4.20. The predicted molar refractivity (Wildman–Crippen MR) is 170 cm³/mol. The standard InChI is InChI=1S/C20H30N4O3.C12H14N2O4/c1-4-26-12-13-27-17-7-5-6-16-18(17)23-19(22-16)20(25)21-15-8-10-24(11-9-15)14(2)3;1-2-17-6-7-18-9-5-3-4-8-10(9)14-11(13-8)12(15)16/h5-7,14-15H,4,8-13H2,1-3H3,(H,21,25)(H,22,23);3-5H,2,6-7H2,1H3,(H,13,14)(H,15,16). The van der Waals surface area contributed by atoms with Crippen LogP contribution in [0.25, 0.3) is 22.1 Å². The molecule has 2 aromatic carbocycles. The number of benzene rings is 2. The Morgan fingerprint density at radius 1 is 0.867 bits per heavy atom. The highest BCUT2D eigenvalue weighted by molar-refractivity contribution is 5.95. The maximum absolute atomic E-state index is 12.6. The van der Waals surface area contributed by atoms with Gasteiger partial charge in [0.25, 0.3) is 5.91 Å². The van der Waals surface area contributed by atoms with Crippen LogP contribution in [0.4, 0.5) is 0 Å². The number of hydrogen-bond donors (Lipinski definition) is 4. The topological polar surface area (TPSA) is 164 Å². The molecule has 45 heavy (non-hydrogen) atoms. The first kappa shape index (κ1) is 33.7. The molecular formula is C32H44N6O7. The van der Waals surface area contributed by atoms with Crippen molar-refractivity contribution in [2.45, 2.75) is 52.6 Å². The first-order chi connectivity index (χ1) is 21.8. The van der Waals surface area contributed by atoms with E-state index < -0.39 is 5.97 Å². The molecule has 13 nitrogen and oxygen atoms in total. The number of aromatic carboxylic acids is 1. The quantitative estimate of drug-likeness (QED) is 0.149. The third kappa shape index (κ3) is 9.40. The van der Waals surface area contributed by atoms with E-state index in [1.807, 2.05) is 32.0 Å². The van der Waals surface area contributed by atoms with Crippen LogP contribution in [0.1, 0.15) is 61.8 Å². The number of aromatic nitrogens is 4. The number of carbonyl (C=O) groups excluding carboxylic acids is 1. The molecule has 1 aliphatic rings. The molecule has 1 aliphatic heterocycles. The van der Waals surface area contributed by atoms with Crippen molar-refractivity contribution in [3.63, 3.8) is 0 Å². The number of rotatable bonds is 14. The van der Waals surface area contributed by atoms with Gasteiger partial charge in [-0.15, -0.1) is 0 Å². The minimum absolute atomic E-state index is 0.0918. The minimum atomic E-state index is -1.09. The molecule has 0 atom stereocenters. The number of nitrogens with zero attached hydrogens (tertiary/aromatic N) is 3. The van der Waals surface area contributed by atoms with E-state index in [2.05, 4.69) is 44.0 Å². The smallest absolute Gasteiger partial charge is 0.371 e. The Morgan fingerprint density at radius 2 is 1.38 bits per heavy atom. The first-order valence-corrected chi connectivity index (χ1v) is 15.5. The molecular weight excluding hydrogens is 580 g/mol. The Bertz CT molecular complexity index is 1530. The van der Waals surface area contributed by atoms with Gasteiger partial charge in [0.1, 0.15) is 35.7 Å². The lowest BCUT2D eigenvalue weighted by Gasteiger charge is -2.34. The molecule has 0 aliphatic carbocycles. The number of carboxylic acids is 1. The molecule has 4 N–H and O–H groups in total. The molecule has 0 saturated carbocycles. The van der Waals surface area contributed by atoms with Crippen LogP contribution in [-0.2, 0) is 9.47 Å². The van der Waals surface area contributed by atoms with E-state index >= 15 is 0 Å². The van der Waals surface area contributed by atoms with Crippen molar-refractivity contribution in [1.29, 1.82) is 0 Å². The monoisotopic (exact) mass is 624 g/mol. The Balaban J connectivity index is 0.000000222. The summed E-state index contributed by atoms with van der Waals surface area (Å²) in [4.78, 5) is 40.2. The van der Waals surface area contributed by atoms with Gasteiger partial charge in [-0.3, -0.25) is 4.79 Å². The summed E-state index contributed by atoms with van der Waals surface area (Å²) in [6, 6.07) is 11.7. The van der Waals surface area contributed by atoms with Crippen LogP contribution in [-0.4, -0.2) is 107 Å². The summed E-state index contributed by atoms with van der Waals surface area (Å²) < 4.78 is 21.7. The summed E-state index contributed by atoms with van der Waals surface area (Å²) in [7, 11) is 0. The Kier molecular flexibility index (Phi) is 12.5. The van der Waals surface area contributed by atoms with Gasteiger partial charge in [-0.25, -0.2) is 14.8 Å². The fraction of sp³-hybridized carbons (Fsp3) is 0.500. The van der Waals surface area contributed by atoms with Crippen LogP contribution in [0.2, 0.25) is 0 Å². The van der Waals surface area contributed by atoms with E-state index in [0.717, 1.165) is 31.4 Å². The molecule has 13 heteroatoms. The lowest BCUT2D eigenvalue weighted by atomic mass is 10.0. The number of piperidine rings is 1. The number of ether oxygens (including phenoxy) is 4. The Morgan fingerprint density at radius 3 is 1.87 bits per heavy atom. The average Bonchev–Trinajstić information content (AvgIpc) is 3.68. The number of amides is 1. The largest absolute Gasteiger partial charge is 0.489 e. The van der Waals surface area contributed by atoms with Crippen molar-refractivity contribution in [3.05, 3.63) is 48.0 Å². The molecule has 3 heterocycles. The zero-order valence-electron chi connectivity index (χ0n) is 26.4. The summed E-state index contributed by atoms with van der Waals surface area (Å²) in [5, 5.41) is 12.0.